The number of nitrogens with two attached hydrogens (primary N) is 1. The Labute approximate surface area is 112 Å². The normalized spacial score (nSPS) is 12.2. The van der Waals surface area contributed by atoms with Gasteiger partial charge in [-0.25, -0.2) is 4.39 Å². The largest absolute Gasteiger partial charge is 0.487 e. The van der Waals surface area contributed by atoms with Gasteiger partial charge < -0.3 is 10.5 Å². The van der Waals surface area contributed by atoms with Crippen LogP contribution in [0.25, 0.3) is 0 Å². The minimum absolute atomic E-state index is 0.208. The van der Waals surface area contributed by atoms with Crippen LogP contribution in [0.1, 0.15) is 29.8 Å². The number of hydrogen-bond acceptors (Lipinski definition) is 3. The summed E-state index contributed by atoms with van der Waals surface area (Å²) in [6.45, 7) is 4.10. The standard InChI is InChI=1S/C15H17FN2O/c1-10-4-3-7-18-14(10)9-19-15-8-12(16)5-6-13(15)11(2)17/h3-8,11H,9,17H2,1-2H3. The zero-order chi connectivity index (χ0) is 13.8. The molecule has 2 N–H and O–H groups in total. The monoisotopic (exact) mass is 260 g/mol. The summed E-state index contributed by atoms with van der Waals surface area (Å²) in [4.78, 5) is 4.24. The molecule has 0 radical (unpaired) electrons. The fraction of sp³-hybridized carbons (Fsp3) is 0.267. The van der Waals surface area contributed by atoms with Gasteiger partial charge in [0.2, 0.25) is 0 Å². The highest BCUT2D eigenvalue weighted by atomic mass is 19.1. The predicted octanol–water partition coefficient (Wildman–Crippen LogP) is 3.13. The average Bonchev–Trinajstić information content (AvgIpc) is 2.37. The third-order valence-electron chi connectivity index (χ3n) is 2.95. The summed E-state index contributed by atoms with van der Waals surface area (Å²) in [5.41, 5.74) is 8.51. The molecule has 1 unspecified atom stereocenters. The maximum atomic E-state index is 13.3. The SMILES string of the molecule is Cc1cccnc1COc1cc(F)ccc1C(C)N. The van der Waals surface area contributed by atoms with Crippen LogP contribution in [0.5, 0.6) is 5.75 Å². The van der Waals surface area contributed by atoms with Gasteiger partial charge in [0, 0.05) is 23.9 Å². The first kappa shape index (κ1) is 13.5. The second-order valence-electron chi connectivity index (χ2n) is 4.53. The molecule has 0 bridgehead atoms. The molecule has 0 saturated heterocycles. The Morgan fingerprint density at radius 1 is 1.37 bits per heavy atom. The smallest absolute Gasteiger partial charge is 0.130 e. The van der Waals surface area contributed by atoms with E-state index in [0.29, 0.717) is 12.4 Å². The molecule has 1 heterocycles. The molecule has 0 saturated carbocycles. The maximum absolute atomic E-state index is 13.3. The Kier molecular flexibility index (Phi) is 4.12. The van der Waals surface area contributed by atoms with Crippen LogP contribution < -0.4 is 10.5 Å². The molecule has 2 rings (SSSR count). The van der Waals surface area contributed by atoms with Crippen LogP contribution in [0.2, 0.25) is 0 Å². The fourth-order valence-electron chi connectivity index (χ4n) is 1.82. The molecule has 0 aliphatic carbocycles. The molecule has 19 heavy (non-hydrogen) atoms. The van der Waals surface area contributed by atoms with Crippen molar-refractivity contribution in [3.8, 4) is 5.75 Å². The first-order valence-electron chi connectivity index (χ1n) is 6.16. The number of pyridine rings is 1. The summed E-state index contributed by atoms with van der Waals surface area (Å²) in [6.07, 6.45) is 1.71. The number of rotatable bonds is 4. The second kappa shape index (κ2) is 5.80. The lowest BCUT2D eigenvalue weighted by Gasteiger charge is -2.14. The van der Waals surface area contributed by atoms with Gasteiger partial charge in [0.1, 0.15) is 18.2 Å². The van der Waals surface area contributed by atoms with Crippen molar-refractivity contribution in [2.45, 2.75) is 26.5 Å². The summed E-state index contributed by atoms with van der Waals surface area (Å²) in [7, 11) is 0. The van der Waals surface area contributed by atoms with Gasteiger partial charge in [0.15, 0.2) is 0 Å². The van der Waals surface area contributed by atoms with Crippen LogP contribution in [0.15, 0.2) is 36.5 Å². The van der Waals surface area contributed by atoms with Gasteiger partial charge in [-0.05, 0) is 31.5 Å². The molecule has 4 heteroatoms. The second-order valence-corrected chi connectivity index (χ2v) is 4.53. The summed E-state index contributed by atoms with van der Waals surface area (Å²) in [5, 5.41) is 0. The van der Waals surface area contributed by atoms with E-state index in [1.165, 1.54) is 12.1 Å². The Hall–Kier alpha value is -1.94. The van der Waals surface area contributed by atoms with Crippen molar-refractivity contribution in [2.24, 2.45) is 5.73 Å². The molecular weight excluding hydrogens is 243 g/mol. The molecule has 0 fully saturated rings. The van der Waals surface area contributed by atoms with Crippen molar-refractivity contribution in [3.63, 3.8) is 0 Å². The van der Waals surface area contributed by atoms with Crippen molar-refractivity contribution >= 4 is 0 Å². The van der Waals surface area contributed by atoms with E-state index in [4.69, 9.17) is 10.5 Å². The third kappa shape index (κ3) is 3.29. The predicted molar refractivity (Wildman–Crippen MR) is 72.3 cm³/mol. The molecule has 0 spiro atoms. The Morgan fingerprint density at radius 2 is 2.16 bits per heavy atom. The quantitative estimate of drug-likeness (QED) is 0.918. The lowest BCUT2D eigenvalue weighted by atomic mass is 10.1. The first-order valence-corrected chi connectivity index (χ1v) is 6.16. The van der Waals surface area contributed by atoms with Gasteiger partial charge in [0.05, 0.1) is 5.69 Å². The maximum Gasteiger partial charge on any atom is 0.130 e. The van der Waals surface area contributed by atoms with E-state index in [-0.39, 0.29) is 11.9 Å². The Morgan fingerprint density at radius 3 is 2.84 bits per heavy atom. The summed E-state index contributed by atoms with van der Waals surface area (Å²) < 4.78 is 18.9. The molecule has 100 valence electrons. The van der Waals surface area contributed by atoms with E-state index >= 15 is 0 Å². The zero-order valence-electron chi connectivity index (χ0n) is 11.1. The number of aromatic nitrogens is 1. The number of ether oxygens (including phenoxy) is 1. The van der Waals surface area contributed by atoms with Gasteiger partial charge >= 0.3 is 0 Å². The highest BCUT2D eigenvalue weighted by molar-refractivity contribution is 5.36. The van der Waals surface area contributed by atoms with Crippen molar-refractivity contribution < 1.29 is 9.13 Å². The number of halogens is 1. The van der Waals surface area contributed by atoms with Gasteiger partial charge in [-0.15, -0.1) is 0 Å². The Bertz CT molecular complexity index is 570. The highest BCUT2D eigenvalue weighted by Crippen LogP contribution is 2.25. The van der Waals surface area contributed by atoms with Gasteiger partial charge in [-0.2, -0.15) is 0 Å². The van der Waals surface area contributed by atoms with E-state index < -0.39 is 0 Å². The van der Waals surface area contributed by atoms with E-state index in [1.54, 1.807) is 12.3 Å². The third-order valence-corrected chi connectivity index (χ3v) is 2.95. The zero-order valence-corrected chi connectivity index (χ0v) is 11.1. The fourth-order valence-corrected chi connectivity index (χ4v) is 1.82. The van der Waals surface area contributed by atoms with Gasteiger partial charge in [-0.1, -0.05) is 12.1 Å². The van der Waals surface area contributed by atoms with Crippen LogP contribution in [0, 0.1) is 12.7 Å². The molecule has 3 nitrogen and oxygen atoms in total. The molecule has 1 atom stereocenters. The van der Waals surface area contributed by atoms with Crippen LogP contribution in [0.4, 0.5) is 4.39 Å². The topological polar surface area (TPSA) is 48.1 Å². The summed E-state index contributed by atoms with van der Waals surface area (Å²) >= 11 is 0. The number of aryl methyl sites for hydroxylation is 1. The van der Waals surface area contributed by atoms with Crippen LogP contribution in [0.3, 0.4) is 0 Å². The number of nitrogens with zero attached hydrogens (tertiary/aromatic N) is 1. The van der Waals surface area contributed by atoms with Crippen LogP contribution in [-0.4, -0.2) is 4.98 Å². The Balaban J connectivity index is 2.19. The summed E-state index contributed by atoms with van der Waals surface area (Å²) in [5.74, 6) is 0.136. The lowest BCUT2D eigenvalue weighted by Crippen LogP contribution is -2.09. The van der Waals surface area contributed by atoms with Gasteiger partial charge in [0.25, 0.3) is 0 Å². The minimum Gasteiger partial charge on any atom is -0.487 e. The van der Waals surface area contributed by atoms with Crippen molar-refractivity contribution in [1.82, 2.24) is 4.98 Å². The molecule has 1 aromatic heterocycles. The lowest BCUT2D eigenvalue weighted by molar-refractivity contribution is 0.294. The van der Waals surface area contributed by atoms with Gasteiger partial charge in [-0.3, -0.25) is 4.98 Å². The van der Waals surface area contributed by atoms with E-state index in [9.17, 15) is 4.39 Å². The highest BCUT2D eigenvalue weighted by Gasteiger charge is 2.10. The average molecular weight is 260 g/mol. The molecule has 0 amide bonds. The van der Waals surface area contributed by atoms with E-state index in [0.717, 1.165) is 16.8 Å². The summed E-state index contributed by atoms with van der Waals surface area (Å²) in [6, 6.07) is 8.02. The minimum atomic E-state index is -0.336. The molecule has 1 aromatic carbocycles. The van der Waals surface area contributed by atoms with Crippen molar-refractivity contribution in [1.29, 1.82) is 0 Å². The first-order chi connectivity index (χ1) is 9.08. The van der Waals surface area contributed by atoms with Crippen molar-refractivity contribution in [3.05, 3.63) is 59.2 Å². The van der Waals surface area contributed by atoms with Crippen molar-refractivity contribution in [2.75, 3.05) is 0 Å². The van der Waals surface area contributed by atoms with E-state index in [2.05, 4.69) is 4.98 Å². The number of hydrogen-bond donors (Lipinski definition) is 1. The molecule has 0 aliphatic rings. The number of benzene rings is 1. The molecule has 0 aliphatic heterocycles. The van der Waals surface area contributed by atoms with Crippen LogP contribution >= 0.6 is 0 Å². The van der Waals surface area contributed by atoms with Crippen LogP contribution in [-0.2, 0) is 6.61 Å². The van der Waals surface area contributed by atoms with E-state index in [1.807, 2.05) is 26.0 Å². The molecule has 2 aromatic rings. The molecular formula is C15H17FN2O.